The highest BCUT2D eigenvalue weighted by molar-refractivity contribution is 5.47. The van der Waals surface area contributed by atoms with Crippen molar-refractivity contribution < 1.29 is 9.47 Å². The van der Waals surface area contributed by atoms with Crippen molar-refractivity contribution in [2.24, 2.45) is 0 Å². The first-order valence-corrected chi connectivity index (χ1v) is 9.17. The summed E-state index contributed by atoms with van der Waals surface area (Å²) in [5.74, 6) is 13.6. The van der Waals surface area contributed by atoms with Gasteiger partial charge in [0.1, 0.15) is 24.7 Å². The van der Waals surface area contributed by atoms with E-state index in [0.717, 1.165) is 33.8 Å². The molecule has 2 heteroatoms. The third kappa shape index (κ3) is 4.97. The Balaban J connectivity index is 1.73. The van der Waals surface area contributed by atoms with Gasteiger partial charge in [-0.2, -0.15) is 0 Å². The summed E-state index contributed by atoms with van der Waals surface area (Å²) in [5.41, 5.74) is 3.96. The molecule has 2 nitrogen and oxygen atoms in total. The molecule has 0 radical (unpaired) electrons. The van der Waals surface area contributed by atoms with Crippen LogP contribution in [0.3, 0.4) is 0 Å². The van der Waals surface area contributed by atoms with E-state index in [0.29, 0.717) is 13.2 Å². The summed E-state index contributed by atoms with van der Waals surface area (Å²) in [6.45, 7) is 4.56. The maximum Gasteiger partial charge on any atom is 0.135 e. The van der Waals surface area contributed by atoms with E-state index in [1.807, 2.05) is 74.5 Å². The van der Waals surface area contributed by atoms with Gasteiger partial charge in [0.05, 0.1) is 11.1 Å². The minimum Gasteiger partial charge on any atom is -0.488 e. The predicted octanol–water partition coefficient (Wildman–Crippen LogP) is 5.59. The third-order valence-electron chi connectivity index (χ3n) is 4.18. The van der Waals surface area contributed by atoms with Gasteiger partial charge in [0, 0.05) is 0 Å². The number of rotatable bonds is 6. The Morgan fingerprint density at radius 2 is 0.964 bits per heavy atom. The molecule has 0 atom stereocenters. The van der Waals surface area contributed by atoms with Gasteiger partial charge in [-0.25, -0.2) is 0 Å². The van der Waals surface area contributed by atoms with Gasteiger partial charge in [0.25, 0.3) is 0 Å². The SMILES string of the molecule is CC#Cc1ccccc1OCc1ccccc1COc1ccccc1C#CC. The lowest BCUT2D eigenvalue weighted by molar-refractivity contribution is 0.284. The zero-order valence-electron chi connectivity index (χ0n) is 16.2. The highest BCUT2D eigenvalue weighted by Gasteiger charge is 2.07. The molecule has 28 heavy (non-hydrogen) atoms. The highest BCUT2D eigenvalue weighted by Crippen LogP contribution is 2.22. The van der Waals surface area contributed by atoms with E-state index in [-0.39, 0.29) is 0 Å². The normalized spacial score (nSPS) is 9.50. The molecule has 0 aliphatic carbocycles. The van der Waals surface area contributed by atoms with E-state index in [1.165, 1.54) is 0 Å². The monoisotopic (exact) mass is 366 g/mol. The van der Waals surface area contributed by atoms with Gasteiger partial charge in [-0.1, -0.05) is 60.4 Å². The number of ether oxygens (including phenoxy) is 2. The second-order valence-electron chi connectivity index (χ2n) is 6.09. The maximum atomic E-state index is 6.05. The average Bonchev–Trinajstić information content (AvgIpc) is 2.73. The number of para-hydroxylation sites is 2. The first-order chi connectivity index (χ1) is 13.8. The van der Waals surface area contributed by atoms with E-state index in [4.69, 9.17) is 9.47 Å². The standard InChI is InChI=1S/C26H22O2/c1-3-11-21-13-7-9-17-25(21)27-19-23-15-5-6-16-24(23)20-28-26-18-10-8-14-22(26)12-4-2/h5-10,13-18H,19-20H2,1-2H3. The highest BCUT2D eigenvalue weighted by atomic mass is 16.5. The minimum absolute atomic E-state index is 0.457. The summed E-state index contributed by atoms with van der Waals surface area (Å²) in [5, 5.41) is 0. The Morgan fingerprint density at radius 3 is 1.39 bits per heavy atom. The van der Waals surface area contributed by atoms with Crippen molar-refractivity contribution >= 4 is 0 Å². The van der Waals surface area contributed by atoms with E-state index in [9.17, 15) is 0 Å². The van der Waals surface area contributed by atoms with Gasteiger partial charge in [0.15, 0.2) is 0 Å². The smallest absolute Gasteiger partial charge is 0.135 e. The minimum atomic E-state index is 0.457. The molecule has 3 aromatic carbocycles. The largest absolute Gasteiger partial charge is 0.488 e. The Morgan fingerprint density at radius 1 is 0.571 bits per heavy atom. The molecule has 3 aromatic rings. The predicted molar refractivity (Wildman–Crippen MR) is 113 cm³/mol. The molecule has 0 heterocycles. The molecule has 0 spiro atoms. The summed E-state index contributed by atoms with van der Waals surface area (Å²) < 4.78 is 12.1. The number of benzene rings is 3. The van der Waals surface area contributed by atoms with Gasteiger partial charge >= 0.3 is 0 Å². The Bertz CT molecular complexity index is 972. The Hall–Kier alpha value is -3.62. The van der Waals surface area contributed by atoms with Gasteiger partial charge < -0.3 is 9.47 Å². The fraction of sp³-hybridized carbons (Fsp3) is 0.154. The van der Waals surface area contributed by atoms with Crippen molar-refractivity contribution in [1.82, 2.24) is 0 Å². The van der Waals surface area contributed by atoms with Crippen molar-refractivity contribution in [3.05, 3.63) is 95.1 Å². The van der Waals surface area contributed by atoms with E-state index in [1.54, 1.807) is 0 Å². The molecule has 0 fully saturated rings. The summed E-state index contributed by atoms with van der Waals surface area (Å²) in [6.07, 6.45) is 0. The molecular formula is C26H22O2. The summed E-state index contributed by atoms with van der Waals surface area (Å²) >= 11 is 0. The van der Waals surface area contributed by atoms with Gasteiger partial charge in [-0.15, -0.1) is 11.8 Å². The second-order valence-corrected chi connectivity index (χ2v) is 6.09. The quantitative estimate of drug-likeness (QED) is 0.530. The van der Waals surface area contributed by atoms with Crippen LogP contribution in [0.1, 0.15) is 36.1 Å². The zero-order valence-corrected chi connectivity index (χ0v) is 16.2. The number of hydrogen-bond acceptors (Lipinski definition) is 2. The van der Waals surface area contributed by atoms with Crippen molar-refractivity contribution in [1.29, 1.82) is 0 Å². The van der Waals surface area contributed by atoms with Crippen molar-refractivity contribution in [2.75, 3.05) is 0 Å². The molecule has 0 unspecified atom stereocenters. The first-order valence-electron chi connectivity index (χ1n) is 9.17. The molecule has 0 aromatic heterocycles. The molecule has 0 saturated carbocycles. The second kappa shape index (κ2) is 9.91. The maximum absolute atomic E-state index is 6.05. The van der Waals surface area contributed by atoms with Crippen LogP contribution in [0.15, 0.2) is 72.8 Å². The van der Waals surface area contributed by atoms with Crippen LogP contribution in [0.2, 0.25) is 0 Å². The van der Waals surface area contributed by atoms with Gasteiger partial charge in [-0.3, -0.25) is 0 Å². The third-order valence-corrected chi connectivity index (χ3v) is 4.18. The van der Waals surface area contributed by atoms with Crippen LogP contribution in [-0.2, 0) is 13.2 Å². The Kier molecular flexibility index (Phi) is 6.78. The zero-order chi connectivity index (χ0) is 19.6. The molecule has 0 saturated heterocycles. The lowest BCUT2D eigenvalue weighted by Gasteiger charge is -2.14. The molecule has 0 amide bonds. The molecule has 0 aliphatic rings. The van der Waals surface area contributed by atoms with Crippen LogP contribution in [-0.4, -0.2) is 0 Å². The van der Waals surface area contributed by atoms with Crippen LogP contribution in [0.25, 0.3) is 0 Å². The van der Waals surface area contributed by atoms with Crippen molar-refractivity contribution in [3.8, 4) is 35.2 Å². The summed E-state index contributed by atoms with van der Waals surface area (Å²) in [6, 6.07) is 23.8. The lowest BCUT2D eigenvalue weighted by atomic mass is 10.1. The Labute approximate surface area is 167 Å². The van der Waals surface area contributed by atoms with Crippen molar-refractivity contribution in [2.45, 2.75) is 27.1 Å². The molecular weight excluding hydrogens is 344 g/mol. The topological polar surface area (TPSA) is 18.5 Å². The van der Waals surface area contributed by atoms with Crippen LogP contribution in [0, 0.1) is 23.7 Å². The van der Waals surface area contributed by atoms with Gasteiger partial charge in [0.2, 0.25) is 0 Å². The van der Waals surface area contributed by atoms with E-state index in [2.05, 4.69) is 35.8 Å². The molecule has 0 N–H and O–H groups in total. The van der Waals surface area contributed by atoms with Crippen LogP contribution < -0.4 is 9.47 Å². The van der Waals surface area contributed by atoms with Crippen LogP contribution in [0.4, 0.5) is 0 Å². The van der Waals surface area contributed by atoms with Crippen molar-refractivity contribution in [3.63, 3.8) is 0 Å². The fourth-order valence-corrected chi connectivity index (χ4v) is 2.81. The molecule has 3 rings (SSSR count). The van der Waals surface area contributed by atoms with Gasteiger partial charge in [-0.05, 0) is 49.2 Å². The summed E-state index contributed by atoms with van der Waals surface area (Å²) in [7, 11) is 0. The van der Waals surface area contributed by atoms with E-state index >= 15 is 0 Å². The van der Waals surface area contributed by atoms with Crippen LogP contribution >= 0.6 is 0 Å². The molecule has 0 bridgehead atoms. The van der Waals surface area contributed by atoms with E-state index < -0.39 is 0 Å². The number of hydrogen-bond donors (Lipinski definition) is 0. The van der Waals surface area contributed by atoms with Crippen LogP contribution in [0.5, 0.6) is 11.5 Å². The molecule has 138 valence electrons. The summed E-state index contributed by atoms with van der Waals surface area (Å²) in [4.78, 5) is 0. The first kappa shape index (κ1) is 19.2. The lowest BCUT2D eigenvalue weighted by Crippen LogP contribution is -2.04. The molecule has 0 aliphatic heterocycles. The average molecular weight is 366 g/mol. The fourth-order valence-electron chi connectivity index (χ4n) is 2.81.